The summed E-state index contributed by atoms with van der Waals surface area (Å²) in [4.78, 5) is 36.7. The molecule has 2 saturated heterocycles. The summed E-state index contributed by atoms with van der Waals surface area (Å²) in [5.74, 6) is -7.47. The highest BCUT2D eigenvalue weighted by Gasteiger charge is 2.54. The van der Waals surface area contributed by atoms with Gasteiger partial charge in [0.15, 0.2) is 53.4 Å². The Bertz CT molecular complexity index is 1800. The van der Waals surface area contributed by atoms with E-state index < -0.39 is 119 Å². The third-order valence-electron chi connectivity index (χ3n) is 7.84. The summed E-state index contributed by atoms with van der Waals surface area (Å²) in [6.07, 6.45) is -21.6. The van der Waals surface area contributed by atoms with Gasteiger partial charge in [-0.15, -0.1) is 0 Å². The van der Waals surface area contributed by atoms with E-state index in [-0.39, 0.29) is 17.1 Å². The van der Waals surface area contributed by atoms with Crippen molar-refractivity contribution in [2.24, 2.45) is 0 Å². The third kappa shape index (κ3) is 6.22. The third-order valence-corrected chi connectivity index (χ3v) is 7.84. The van der Waals surface area contributed by atoms with E-state index in [1.165, 1.54) is 25.3 Å². The molecule has 2 unspecified atom stereocenters. The van der Waals surface area contributed by atoms with Crippen LogP contribution in [0.25, 0.3) is 22.3 Å². The number of phenolic OH excluding ortho intramolecular Hbond substituents is 2. The molecule has 2 aliphatic heterocycles. The van der Waals surface area contributed by atoms with Crippen molar-refractivity contribution in [3.8, 4) is 45.8 Å². The monoisotopic (exact) mass is 698 g/mol. The Balaban J connectivity index is 1.59. The number of carboxylic acids is 2. The van der Waals surface area contributed by atoms with Gasteiger partial charge in [-0.3, -0.25) is 4.79 Å². The van der Waals surface area contributed by atoms with E-state index in [2.05, 4.69) is 0 Å². The zero-order valence-electron chi connectivity index (χ0n) is 25.1. The number of carbonyl (C=O) groups is 2. The molecule has 2 fully saturated rings. The van der Waals surface area contributed by atoms with Crippen molar-refractivity contribution in [3.05, 3.63) is 34.5 Å². The number of ether oxygens (including phenoxy) is 6. The number of hydrogen-bond donors (Lipinski definition) is 10. The molecule has 20 heteroatoms. The number of aliphatic hydroxyl groups is 5. The number of fused-ring (bicyclic) bond motifs is 1. The molecule has 0 amide bonds. The summed E-state index contributed by atoms with van der Waals surface area (Å²) < 4.78 is 37.6. The van der Waals surface area contributed by atoms with Crippen molar-refractivity contribution in [2.75, 3.05) is 14.2 Å². The maximum absolute atomic E-state index is 13.2. The molecular weight excluding hydrogens is 668 g/mol. The zero-order valence-corrected chi connectivity index (χ0v) is 25.1. The molecule has 266 valence electrons. The van der Waals surface area contributed by atoms with Crippen molar-refractivity contribution < 1.29 is 93.5 Å². The maximum atomic E-state index is 13.2. The van der Waals surface area contributed by atoms with Crippen molar-refractivity contribution >= 4 is 22.9 Å². The first-order valence-corrected chi connectivity index (χ1v) is 14.1. The predicted molar refractivity (Wildman–Crippen MR) is 154 cm³/mol. The second-order valence-corrected chi connectivity index (χ2v) is 10.8. The molecule has 0 spiro atoms. The van der Waals surface area contributed by atoms with E-state index in [1.54, 1.807) is 0 Å². The minimum absolute atomic E-state index is 0.0347. The summed E-state index contributed by atoms with van der Waals surface area (Å²) in [7, 11) is 2.26. The van der Waals surface area contributed by atoms with Crippen LogP contribution in [0.15, 0.2) is 33.5 Å². The number of aliphatic carboxylic acids is 2. The number of rotatable bonds is 9. The molecule has 3 aromatic rings. The van der Waals surface area contributed by atoms with Crippen molar-refractivity contribution in [2.45, 2.75) is 61.4 Å². The first kappa shape index (κ1) is 35.4. The van der Waals surface area contributed by atoms with Gasteiger partial charge in [0.25, 0.3) is 0 Å². The van der Waals surface area contributed by atoms with Crippen LogP contribution in [-0.2, 0) is 23.8 Å². The Labute approximate surface area is 272 Å². The number of hydrogen-bond acceptors (Lipinski definition) is 18. The quantitative estimate of drug-likeness (QED) is 0.113. The summed E-state index contributed by atoms with van der Waals surface area (Å²) in [6.45, 7) is 0. The Morgan fingerprint density at radius 2 is 1.35 bits per heavy atom. The number of methoxy groups -OCH3 is 2. The Kier molecular flexibility index (Phi) is 9.77. The molecule has 1 aromatic heterocycles. The van der Waals surface area contributed by atoms with E-state index in [1.807, 2.05) is 0 Å². The lowest BCUT2D eigenvalue weighted by molar-refractivity contribution is -0.350. The molecule has 49 heavy (non-hydrogen) atoms. The molecule has 2 aliphatic rings. The summed E-state index contributed by atoms with van der Waals surface area (Å²) in [5, 5.41) is 102. The van der Waals surface area contributed by atoms with Gasteiger partial charge in [-0.1, -0.05) is 0 Å². The van der Waals surface area contributed by atoms with Gasteiger partial charge in [0.2, 0.25) is 23.2 Å². The lowest BCUT2D eigenvalue weighted by Gasteiger charge is -2.44. The van der Waals surface area contributed by atoms with Crippen LogP contribution < -0.4 is 19.6 Å². The van der Waals surface area contributed by atoms with Crippen LogP contribution in [0.5, 0.6) is 34.5 Å². The SMILES string of the molecule is COc1cc(-c2oc3cc(O[C@H]4OC(C(=O)O)[C@H](O)[C@@H](O)[C@@H]4O[C@H]4OC(C(=O)O)[C@H](O)[C@@H](O)[C@@H]4O)c(OC)c(O)c3c(=O)c2O)ccc1O. The zero-order chi connectivity index (χ0) is 36.1. The van der Waals surface area contributed by atoms with Gasteiger partial charge >= 0.3 is 11.9 Å². The van der Waals surface area contributed by atoms with Gasteiger partial charge in [-0.2, -0.15) is 0 Å². The van der Waals surface area contributed by atoms with Gasteiger partial charge in [-0.25, -0.2) is 9.59 Å². The van der Waals surface area contributed by atoms with Crippen LogP contribution >= 0.6 is 0 Å². The van der Waals surface area contributed by atoms with Gasteiger partial charge in [-0.05, 0) is 18.2 Å². The number of benzene rings is 2. The Morgan fingerprint density at radius 3 is 1.94 bits per heavy atom. The fourth-order valence-electron chi connectivity index (χ4n) is 5.31. The highest BCUT2D eigenvalue weighted by molar-refractivity contribution is 5.91. The molecule has 2 aromatic carbocycles. The highest BCUT2D eigenvalue weighted by Crippen LogP contribution is 2.45. The lowest BCUT2D eigenvalue weighted by Crippen LogP contribution is -2.66. The van der Waals surface area contributed by atoms with E-state index in [0.717, 1.165) is 13.2 Å². The molecule has 0 saturated carbocycles. The highest BCUT2D eigenvalue weighted by atomic mass is 16.8. The lowest BCUT2D eigenvalue weighted by atomic mass is 9.97. The largest absolute Gasteiger partial charge is 0.504 e. The Morgan fingerprint density at radius 1 is 0.735 bits per heavy atom. The summed E-state index contributed by atoms with van der Waals surface area (Å²) in [5.41, 5.74) is -1.58. The van der Waals surface area contributed by atoms with Crippen LogP contribution in [0.1, 0.15) is 0 Å². The summed E-state index contributed by atoms with van der Waals surface area (Å²) in [6, 6.07) is 4.62. The molecule has 0 aliphatic carbocycles. The molecular formula is C29H30O20. The standard InChI is InChI=1S/C29H30O20/c1-43-9-5-7(3-4-8(9)30)21-16(34)13(31)12-10(45-21)6-11(22(44-2)14(12)32)46-29-25(19(37)18(36)24(48-29)27(41)42)49-28-20(38)15(33)17(35)23(47-28)26(39)40/h3-6,15,17-20,23-25,28-30,32-38H,1-2H3,(H,39,40)(H,41,42)/t15-,17-,18-,19-,20+,23?,24?,25+,28-,29+/m1/s1. The fourth-order valence-corrected chi connectivity index (χ4v) is 5.31. The van der Waals surface area contributed by atoms with Crippen molar-refractivity contribution in [1.82, 2.24) is 0 Å². The Hall–Kier alpha value is -4.93. The molecule has 0 radical (unpaired) electrons. The van der Waals surface area contributed by atoms with E-state index in [4.69, 9.17) is 32.8 Å². The van der Waals surface area contributed by atoms with Gasteiger partial charge in [0.05, 0.1) is 14.2 Å². The van der Waals surface area contributed by atoms with Gasteiger partial charge in [0, 0.05) is 11.6 Å². The van der Waals surface area contributed by atoms with E-state index in [9.17, 15) is 65.4 Å². The number of aliphatic hydroxyl groups excluding tert-OH is 5. The minimum atomic E-state index is -2.24. The smallest absolute Gasteiger partial charge is 0.335 e. The first-order chi connectivity index (χ1) is 23.1. The predicted octanol–water partition coefficient (Wildman–Crippen LogP) is -2.22. The molecule has 5 rings (SSSR count). The summed E-state index contributed by atoms with van der Waals surface area (Å²) >= 11 is 0. The first-order valence-electron chi connectivity index (χ1n) is 14.1. The normalized spacial score (nSPS) is 30.1. The average molecular weight is 699 g/mol. The number of phenols is 2. The fraction of sp³-hybridized carbons (Fsp3) is 0.414. The molecule has 20 nitrogen and oxygen atoms in total. The molecule has 10 N–H and O–H groups in total. The number of aromatic hydroxyl groups is 3. The average Bonchev–Trinajstić information content (AvgIpc) is 3.05. The van der Waals surface area contributed by atoms with Crippen LogP contribution in [-0.4, -0.2) is 139 Å². The van der Waals surface area contributed by atoms with Crippen molar-refractivity contribution in [1.29, 1.82) is 0 Å². The van der Waals surface area contributed by atoms with E-state index >= 15 is 0 Å². The van der Waals surface area contributed by atoms with Gasteiger partial charge in [0.1, 0.15) is 41.5 Å². The van der Waals surface area contributed by atoms with Gasteiger partial charge < -0.3 is 83.9 Å². The molecule has 3 heterocycles. The maximum Gasteiger partial charge on any atom is 0.335 e. The van der Waals surface area contributed by atoms with Crippen LogP contribution in [0.2, 0.25) is 0 Å². The van der Waals surface area contributed by atoms with Crippen molar-refractivity contribution in [3.63, 3.8) is 0 Å². The van der Waals surface area contributed by atoms with Crippen LogP contribution in [0, 0.1) is 0 Å². The van der Waals surface area contributed by atoms with E-state index in [0.29, 0.717) is 0 Å². The second-order valence-electron chi connectivity index (χ2n) is 10.8. The second kappa shape index (κ2) is 13.5. The molecule has 0 bridgehead atoms. The van der Waals surface area contributed by atoms with Crippen LogP contribution in [0.4, 0.5) is 0 Å². The van der Waals surface area contributed by atoms with Crippen LogP contribution in [0.3, 0.4) is 0 Å². The molecule has 10 atom stereocenters. The topological polar surface area (TPSA) is 322 Å². The number of carboxylic acid groups (broad SMARTS) is 2. The minimum Gasteiger partial charge on any atom is -0.504 e.